The van der Waals surface area contributed by atoms with Crippen LogP contribution >= 0.6 is 0 Å². The first-order chi connectivity index (χ1) is 7.69. The molecule has 0 aromatic heterocycles. The molecule has 0 bridgehead atoms. The monoisotopic (exact) mass is 222 g/mol. The molecule has 5 heteroatoms. The summed E-state index contributed by atoms with van der Waals surface area (Å²) < 4.78 is 10.7. The maximum Gasteiger partial charge on any atom is 0.315 e. The molecule has 5 nitrogen and oxygen atoms in total. The van der Waals surface area contributed by atoms with E-state index in [2.05, 4.69) is 0 Å². The molecule has 86 valence electrons. The number of methoxy groups -OCH3 is 1. The lowest BCUT2D eigenvalue weighted by atomic mass is 10.2. The van der Waals surface area contributed by atoms with Crippen LogP contribution in [0.5, 0.6) is 11.5 Å². The molecule has 2 amide bonds. The van der Waals surface area contributed by atoms with Gasteiger partial charge in [0.05, 0.1) is 20.2 Å². The Morgan fingerprint density at radius 3 is 2.38 bits per heavy atom. The second kappa shape index (κ2) is 4.30. The Morgan fingerprint density at radius 2 is 1.88 bits per heavy atom. The van der Waals surface area contributed by atoms with Crippen molar-refractivity contribution in [3.63, 3.8) is 0 Å². The summed E-state index contributed by atoms with van der Waals surface area (Å²) in [5.41, 5.74) is 5.11. The first-order valence-corrected chi connectivity index (χ1v) is 5.04. The van der Waals surface area contributed by atoms with Gasteiger partial charge in [0.1, 0.15) is 17.6 Å². The van der Waals surface area contributed by atoms with Crippen LogP contribution in [0.2, 0.25) is 0 Å². The first-order valence-electron chi connectivity index (χ1n) is 5.04. The fraction of sp³-hybridized carbons (Fsp3) is 0.364. The average Bonchev–Trinajstić information content (AvgIpc) is 2.23. The normalized spacial score (nSPS) is 15.4. The van der Waals surface area contributed by atoms with E-state index in [0.717, 1.165) is 11.5 Å². The molecule has 2 rings (SSSR count). The second-order valence-corrected chi connectivity index (χ2v) is 3.66. The quantitative estimate of drug-likeness (QED) is 0.824. The van der Waals surface area contributed by atoms with Crippen LogP contribution in [0, 0.1) is 0 Å². The van der Waals surface area contributed by atoms with E-state index in [9.17, 15) is 4.79 Å². The predicted molar refractivity (Wildman–Crippen MR) is 58.6 cm³/mol. The van der Waals surface area contributed by atoms with Gasteiger partial charge in [-0.15, -0.1) is 0 Å². The number of nitrogens with two attached hydrogens (primary N) is 1. The summed E-state index contributed by atoms with van der Waals surface area (Å²) in [5.74, 6) is 1.56. The molecule has 1 aromatic rings. The molecule has 0 saturated carbocycles. The molecule has 1 heterocycles. The van der Waals surface area contributed by atoms with Crippen molar-refractivity contribution < 1.29 is 14.3 Å². The smallest absolute Gasteiger partial charge is 0.315 e. The van der Waals surface area contributed by atoms with Crippen LogP contribution in [0.25, 0.3) is 0 Å². The highest BCUT2D eigenvalue weighted by Gasteiger charge is 2.30. The molecule has 1 aliphatic heterocycles. The van der Waals surface area contributed by atoms with Gasteiger partial charge in [0, 0.05) is 0 Å². The molecule has 0 radical (unpaired) electrons. The highest BCUT2D eigenvalue weighted by Crippen LogP contribution is 2.20. The zero-order valence-corrected chi connectivity index (χ0v) is 9.05. The highest BCUT2D eigenvalue weighted by atomic mass is 16.5. The zero-order valence-electron chi connectivity index (χ0n) is 9.05. The molecule has 16 heavy (non-hydrogen) atoms. The molecular weight excluding hydrogens is 208 g/mol. The number of rotatable bonds is 3. The third-order valence-electron chi connectivity index (χ3n) is 2.52. The maximum absolute atomic E-state index is 10.7. The fourth-order valence-corrected chi connectivity index (χ4v) is 1.54. The Balaban J connectivity index is 1.84. The molecule has 0 unspecified atom stereocenters. The molecule has 1 saturated heterocycles. The lowest BCUT2D eigenvalue weighted by Crippen LogP contribution is -2.57. The molecule has 0 atom stereocenters. The van der Waals surface area contributed by atoms with E-state index in [-0.39, 0.29) is 6.10 Å². The Labute approximate surface area is 93.7 Å². The summed E-state index contributed by atoms with van der Waals surface area (Å²) in [7, 11) is 1.62. The minimum Gasteiger partial charge on any atom is -0.497 e. The van der Waals surface area contributed by atoms with Crippen LogP contribution in [0.4, 0.5) is 4.79 Å². The van der Waals surface area contributed by atoms with Gasteiger partial charge < -0.3 is 20.1 Å². The molecule has 0 spiro atoms. The van der Waals surface area contributed by atoms with Gasteiger partial charge in [-0.05, 0) is 24.3 Å². The lowest BCUT2D eigenvalue weighted by molar-refractivity contribution is 0.0477. The fourth-order valence-electron chi connectivity index (χ4n) is 1.54. The van der Waals surface area contributed by atoms with Gasteiger partial charge in [-0.25, -0.2) is 4.79 Å². The molecule has 0 aliphatic carbocycles. The van der Waals surface area contributed by atoms with Crippen molar-refractivity contribution in [2.45, 2.75) is 6.10 Å². The minimum atomic E-state index is -0.394. The van der Waals surface area contributed by atoms with Crippen LogP contribution in [-0.4, -0.2) is 37.2 Å². The van der Waals surface area contributed by atoms with Crippen molar-refractivity contribution in [2.24, 2.45) is 5.73 Å². The summed E-state index contributed by atoms with van der Waals surface area (Å²) >= 11 is 0. The summed E-state index contributed by atoms with van der Waals surface area (Å²) in [6.07, 6.45) is 0.0425. The van der Waals surface area contributed by atoms with E-state index in [0.29, 0.717) is 13.1 Å². The molecular formula is C11H14N2O3. The molecule has 1 fully saturated rings. The van der Waals surface area contributed by atoms with E-state index < -0.39 is 6.03 Å². The number of amides is 2. The SMILES string of the molecule is COc1ccc(OC2CN(C(N)=O)C2)cc1. The number of ether oxygens (including phenoxy) is 2. The molecule has 1 aromatic carbocycles. The van der Waals surface area contributed by atoms with Crippen LogP contribution < -0.4 is 15.2 Å². The van der Waals surface area contributed by atoms with Crippen LogP contribution in [0.3, 0.4) is 0 Å². The second-order valence-electron chi connectivity index (χ2n) is 3.66. The topological polar surface area (TPSA) is 64.8 Å². The van der Waals surface area contributed by atoms with E-state index in [1.54, 1.807) is 7.11 Å². The Kier molecular flexibility index (Phi) is 2.85. The number of likely N-dealkylation sites (tertiary alicyclic amines) is 1. The number of hydrogen-bond donors (Lipinski definition) is 1. The first kappa shape index (κ1) is 10.6. The number of urea groups is 1. The van der Waals surface area contributed by atoms with Gasteiger partial charge in [-0.3, -0.25) is 0 Å². The van der Waals surface area contributed by atoms with Crippen molar-refractivity contribution >= 4 is 6.03 Å². The van der Waals surface area contributed by atoms with Crippen molar-refractivity contribution in [3.05, 3.63) is 24.3 Å². The van der Waals surface area contributed by atoms with Gasteiger partial charge in [-0.2, -0.15) is 0 Å². The van der Waals surface area contributed by atoms with E-state index in [1.165, 1.54) is 4.90 Å². The largest absolute Gasteiger partial charge is 0.497 e. The number of primary amides is 1. The van der Waals surface area contributed by atoms with Crippen LogP contribution in [0.15, 0.2) is 24.3 Å². The number of benzene rings is 1. The molecule has 2 N–H and O–H groups in total. The summed E-state index contributed by atoms with van der Waals surface area (Å²) in [6, 6.07) is 6.95. The van der Waals surface area contributed by atoms with Gasteiger partial charge in [0.25, 0.3) is 0 Å². The number of carbonyl (C=O) groups excluding carboxylic acids is 1. The van der Waals surface area contributed by atoms with E-state index >= 15 is 0 Å². The number of hydrogen-bond acceptors (Lipinski definition) is 3. The summed E-state index contributed by atoms with van der Waals surface area (Å²) in [6.45, 7) is 1.11. The van der Waals surface area contributed by atoms with Crippen LogP contribution in [-0.2, 0) is 0 Å². The maximum atomic E-state index is 10.7. The van der Waals surface area contributed by atoms with Crippen molar-refractivity contribution in [2.75, 3.05) is 20.2 Å². The summed E-state index contributed by atoms with van der Waals surface area (Å²) in [4.78, 5) is 12.3. The number of carbonyl (C=O) groups is 1. The van der Waals surface area contributed by atoms with E-state index in [4.69, 9.17) is 15.2 Å². The van der Waals surface area contributed by atoms with Crippen molar-refractivity contribution in [1.82, 2.24) is 4.90 Å². The lowest BCUT2D eigenvalue weighted by Gasteiger charge is -2.37. The van der Waals surface area contributed by atoms with Crippen molar-refractivity contribution in [1.29, 1.82) is 0 Å². The zero-order chi connectivity index (χ0) is 11.5. The average molecular weight is 222 g/mol. The predicted octanol–water partition coefficient (Wildman–Crippen LogP) is 0.837. The minimum absolute atomic E-state index is 0.0425. The van der Waals surface area contributed by atoms with Crippen molar-refractivity contribution in [3.8, 4) is 11.5 Å². The molecule has 1 aliphatic rings. The summed E-state index contributed by atoms with van der Waals surface area (Å²) in [5, 5.41) is 0. The Bertz CT molecular complexity index is 371. The van der Waals surface area contributed by atoms with Gasteiger partial charge in [0.15, 0.2) is 0 Å². The third kappa shape index (κ3) is 2.18. The van der Waals surface area contributed by atoms with E-state index in [1.807, 2.05) is 24.3 Å². The van der Waals surface area contributed by atoms with Crippen LogP contribution in [0.1, 0.15) is 0 Å². The highest BCUT2D eigenvalue weighted by molar-refractivity contribution is 5.73. The Hall–Kier alpha value is -1.91. The van der Waals surface area contributed by atoms with Gasteiger partial charge in [0.2, 0.25) is 0 Å². The Morgan fingerprint density at radius 1 is 1.31 bits per heavy atom. The van der Waals surface area contributed by atoms with Gasteiger partial charge >= 0.3 is 6.03 Å². The third-order valence-corrected chi connectivity index (χ3v) is 2.52. The van der Waals surface area contributed by atoms with Gasteiger partial charge in [-0.1, -0.05) is 0 Å². The standard InChI is InChI=1S/C11H14N2O3/c1-15-8-2-4-9(5-3-8)16-10-6-13(7-10)11(12)14/h2-5,10H,6-7H2,1H3,(H2,12,14). The number of nitrogens with zero attached hydrogens (tertiary/aromatic N) is 1.